The molecule has 0 atom stereocenters. The third kappa shape index (κ3) is 2.05. The van der Waals surface area contributed by atoms with Crippen LogP contribution in [0, 0.1) is 0 Å². The Labute approximate surface area is 128 Å². The third-order valence-electron chi connectivity index (χ3n) is 3.26. The normalized spacial score (nSPS) is 13.8. The molecule has 21 heavy (non-hydrogen) atoms. The van der Waals surface area contributed by atoms with Crippen LogP contribution in [-0.4, -0.2) is 24.5 Å². The van der Waals surface area contributed by atoms with Gasteiger partial charge < -0.3 is 0 Å². The summed E-state index contributed by atoms with van der Waals surface area (Å²) in [4.78, 5) is 24.5. The summed E-state index contributed by atoms with van der Waals surface area (Å²) < 4.78 is 32.5. The lowest BCUT2D eigenvalue weighted by atomic mass is 9.84. The Morgan fingerprint density at radius 2 is 1.38 bits per heavy atom. The summed E-state index contributed by atoms with van der Waals surface area (Å²) in [7, 11) is -4.60. The molecule has 2 aromatic rings. The monoisotopic (exact) mass is 366 g/mol. The van der Waals surface area contributed by atoms with E-state index >= 15 is 0 Å². The number of carbonyl (C=O) groups is 2. The Hall–Kier alpha value is -1.83. The van der Waals surface area contributed by atoms with Gasteiger partial charge in [-0.2, -0.15) is 8.42 Å². The van der Waals surface area contributed by atoms with E-state index in [1.54, 1.807) is 12.1 Å². The van der Waals surface area contributed by atoms with Crippen molar-refractivity contribution in [3.63, 3.8) is 0 Å². The van der Waals surface area contributed by atoms with Gasteiger partial charge in [0.15, 0.2) is 11.6 Å². The third-order valence-corrected chi connectivity index (χ3v) is 4.82. The fraction of sp³-hybridized carbons (Fsp3) is 0. The van der Waals surface area contributed by atoms with E-state index in [0.717, 1.165) is 6.07 Å². The second-order valence-corrected chi connectivity index (χ2v) is 6.72. The summed E-state index contributed by atoms with van der Waals surface area (Å²) in [5, 5.41) is 0. The zero-order chi connectivity index (χ0) is 15.4. The minimum absolute atomic E-state index is 0.0328. The molecule has 1 aliphatic rings. The number of benzene rings is 2. The lowest BCUT2D eigenvalue weighted by Gasteiger charge is -2.19. The highest BCUT2D eigenvalue weighted by molar-refractivity contribution is 9.10. The number of hydrogen-bond donors (Lipinski definition) is 1. The first-order chi connectivity index (χ1) is 9.82. The van der Waals surface area contributed by atoms with Crippen LogP contribution >= 0.6 is 15.9 Å². The predicted molar refractivity (Wildman–Crippen MR) is 77.3 cm³/mol. The van der Waals surface area contributed by atoms with E-state index in [0.29, 0.717) is 4.47 Å². The zero-order valence-electron chi connectivity index (χ0n) is 10.3. The van der Waals surface area contributed by atoms with Gasteiger partial charge in [-0.1, -0.05) is 40.2 Å². The number of fused-ring (bicyclic) bond motifs is 2. The second-order valence-electron chi connectivity index (χ2n) is 4.47. The number of rotatable bonds is 1. The first kappa shape index (κ1) is 14.1. The van der Waals surface area contributed by atoms with Gasteiger partial charge in [-0.3, -0.25) is 14.1 Å². The molecule has 1 aliphatic carbocycles. The van der Waals surface area contributed by atoms with Crippen LogP contribution < -0.4 is 0 Å². The lowest BCUT2D eigenvalue weighted by molar-refractivity contribution is 0.0976. The molecule has 0 aromatic heterocycles. The maximum absolute atomic E-state index is 12.5. The number of hydrogen-bond acceptors (Lipinski definition) is 4. The smallest absolute Gasteiger partial charge is 0.289 e. The molecule has 0 amide bonds. The van der Waals surface area contributed by atoms with E-state index in [4.69, 9.17) is 0 Å². The minimum Gasteiger partial charge on any atom is -0.289 e. The van der Waals surface area contributed by atoms with Crippen molar-refractivity contribution in [2.45, 2.75) is 4.90 Å². The molecule has 0 heterocycles. The van der Waals surface area contributed by atoms with Crippen molar-refractivity contribution in [3.05, 3.63) is 63.1 Å². The van der Waals surface area contributed by atoms with Crippen molar-refractivity contribution in [1.29, 1.82) is 0 Å². The van der Waals surface area contributed by atoms with Gasteiger partial charge in [-0.05, 0) is 12.1 Å². The number of ketones is 2. The number of halogens is 1. The summed E-state index contributed by atoms with van der Waals surface area (Å²) in [5.74, 6) is -1.06. The SMILES string of the molecule is O=C1c2cccc(S(=O)(=O)O)c2C(=O)c2cccc(Br)c21. The average molecular weight is 367 g/mol. The zero-order valence-corrected chi connectivity index (χ0v) is 12.7. The Morgan fingerprint density at radius 1 is 0.857 bits per heavy atom. The molecule has 0 aliphatic heterocycles. The van der Waals surface area contributed by atoms with E-state index < -0.39 is 26.6 Å². The lowest BCUT2D eigenvalue weighted by Crippen LogP contribution is -2.24. The molecule has 1 N–H and O–H groups in total. The molecule has 0 spiro atoms. The Morgan fingerprint density at radius 3 is 2.00 bits per heavy atom. The second kappa shape index (κ2) is 4.59. The molecule has 0 bridgehead atoms. The summed E-state index contributed by atoms with van der Waals surface area (Å²) >= 11 is 3.22. The Kier molecular flexibility index (Phi) is 3.09. The van der Waals surface area contributed by atoms with E-state index in [1.165, 1.54) is 18.2 Å². The van der Waals surface area contributed by atoms with Gasteiger partial charge in [-0.25, -0.2) is 0 Å². The highest BCUT2D eigenvalue weighted by atomic mass is 79.9. The minimum atomic E-state index is -4.60. The van der Waals surface area contributed by atoms with Crippen molar-refractivity contribution in [2.24, 2.45) is 0 Å². The maximum Gasteiger partial charge on any atom is 0.295 e. The summed E-state index contributed by atoms with van der Waals surface area (Å²) in [6.07, 6.45) is 0. The van der Waals surface area contributed by atoms with Gasteiger partial charge in [0.2, 0.25) is 0 Å². The van der Waals surface area contributed by atoms with Crippen molar-refractivity contribution >= 4 is 37.6 Å². The van der Waals surface area contributed by atoms with E-state index in [1.807, 2.05) is 0 Å². The average Bonchev–Trinajstić information content (AvgIpc) is 2.43. The molecule has 3 rings (SSSR count). The van der Waals surface area contributed by atoms with Crippen molar-refractivity contribution in [3.8, 4) is 0 Å². The first-order valence-corrected chi connectivity index (χ1v) is 8.04. The fourth-order valence-electron chi connectivity index (χ4n) is 2.38. The summed E-state index contributed by atoms with van der Waals surface area (Å²) in [6, 6.07) is 8.44. The highest BCUT2D eigenvalue weighted by Crippen LogP contribution is 2.34. The van der Waals surface area contributed by atoms with Crippen molar-refractivity contribution in [1.82, 2.24) is 0 Å². The van der Waals surface area contributed by atoms with Gasteiger partial charge in [0, 0.05) is 21.2 Å². The fourth-order valence-corrected chi connectivity index (χ4v) is 3.64. The van der Waals surface area contributed by atoms with Crippen molar-refractivity contribution < 1.29 is 22.6 Å². The molecule has 106 valence electrons. The molecule has 0 saturated heterocycles. The molecule has 0 radical (unpaired) electrons. The van der Waals surface area contributed by atoms with Crippen LogP contribution in [0.1, 0.15) is 31.8 Å². The molecule has 2 aromatic carbocycles. The van der Waals surface area contributed by atoms with E-state index in [2.05, 4.69) is 15.9 Å². The molecule has 5 nitrogen and oxygen atoms in total. The predicted octanol–water partition coefficient (Wildman–Crippen LogP) is 2.47. The standard InChI is InChI=1S/C14H7BrO5S/c15-9-5-1-3-7-11(9)13(16)8-4-2-6-10(21(18,19)20)12(8)14(7)17/h1-6H,(H,18,19,20). The van der Waals surface area contributed by atoms with Crippen LogP contribution in [0.5, 0.6) is 0 Å². The molecular weight excluding hydrogens is 360 g/mol. The van der Waals surface area contributed by atoms with Crippen LogP contribution in [0.25, 0.3) is 0 Å². The molecular formula is C14H7BrO5S. The Balaban J connectivity index is 2.42. The summed E-state index contributed by atoms with van der Waals surface area (Å²) in [6.45, 7) is 0. The van der Waals surface area contributed by atoms with Gasteiger partial charge in [-0.15, -0.1) is 0 Å². The van der Waals surface area contributed by atoms with Crippen LogP contribution in [-0.2, 0) is 10.1 Å². The van der Waals surface area contributed by atoms with Gasteiger partial charge in [0.1, 0.15) is 4.90 Å². The molecule has 0 fully saturated rings. The maximum atomic E-state index is 12.5. The Bertz CT molecular complexity index is 915. The van der Waals surface area contributed by atoms with Gasteiger partial charge >= 0.3 is 0 Å². The highest BCUT2D eigenvalue weighted by Gasteiger charge is 2.35. The van der Waals surface area contributed by atoms with Gasteiger partial charge in [0.05, 0.1) is 5.56 Å². The molecule has 7 heteroatoms. The topological polar surface area (TPSA) is 88.5 Å². The molecule has 0 saturated carbocycles. The largest absolute Gasteiger partial charge is 0.295 e. The summed E-state index contributed by atoms with van der Waals surface area (Å²) in [5.41, 5.74) is -0.00872. The van der Waals surface area contributed by atoms with Crippen LogP contribution in [0.3, 0.4) is 0 Å². The van der Waals surface area contributed by atoms with Crippen LogP contribution in [0.2, 0.25) is 0 Å². The van der Waals surface area contributed by atoms with Crippen molar-refractivity contribution in [2.75, 3.05) is 0 Å². The van der Waals surface area contributed by atoms with Gasteiger partial charge in [0.25, 0.3) is 10.1 Å². The van der Waals surface area contributed by atoms with Crippen LogP contribution in [0.4, 0.5) is 0 Å². The van der Waals surface area contributed by atoms with Crippen LogP contribution in [0.15, 0.2) is 45.8 Å². The quantitative estimate of drug-likeness (QED) is 0.668. The number of carbonyl (C=O) groups excluding carboxylic acids is 2. The van der Waals surface area contributed by atoms with E-state index in [-0.39, 0.29) is 22.3 Å². The molecule has 0 unspecified atom stereocenters. The van der Waals surface area contributed by atoms with E-state index in [9.17, 15) is 22.6 Å². The first-order valence-electron chi connectivity index (χ1n) is 5.81.